The maximum Gasteiger partial charge on any atom is 0.340 e. The molecule has 0 bridgehead atoms. The first kappa shape index (κ1) is 23.0. The molecule has 0 unspecified atom stereocenters. The molecule has 4 nitrogen and oxygen atoms in total. The zero-order valence-corrected chi connectivity index (χ0v) is 20.0. The number of rotatable bonds is 5. The van der Waals surface area contributed by atoms with Crippen molar-refractivity contribution in [1.29, 1.82) is 0 Å². The van der Waals surface area contributed by atoms with Gasteiger partial charge in [-0.3, -0.25) is 4.68 Å². The summed E-state index contributed by atoms with van der Waals surface area (Å²) in [5, 5.41) is 4.39. The number of nitrogens with zero attached hydrogens (tertiary/aromatic N) is 2. The number of benzene rings is 2. The number of methoxy groups -OCH3 is 1. The molecule has 2 aromatic carbocycles. The van der Waals surface area contributed by atoms with Crippen LogP contribution in [0.5, 0.6) is 0 Å². The maximum atomic E-state index is 14.4. The first-order chi connectivity index (χ1) is 15.6. The summed E-state index contributed by atoms with van der Waals surface area (Å²) in [6, 6.07) is 11.1. The number of hydrogen-bond donors (Lipinski definition) is 0. The monoisotopic (exact) mass is 446 g/mol. The molecule has 0 spiro atoms. The molecule has 0 fully saturated rings. The van der Waals surface area contributed by atoms with Crippen molar-refractivity contribution in [1.82, 2.24) is 9.78 Å². The van der Waals surface area contributed by atoms with E-state index in [9.17, 15) is 9.18 Å². The lowest BCUT2D eigenvalue weighted by atomic mass is 9.62. The molecule has 0 radical (unpaired) electrons. The second kappa shape index (κ2) is 8.62. The van der Waals surface area contributed by atoms with Gasteiger partial charge in [0.25, 0.3) is 0 Å². The summed E-state index contributed by atoms with van der Waals surface area (Å²) in [6.45, 7) is 9.91. The van der Waals surface area contributed by atoms with E-state index >= 15 is 0 Å². The van der Waals surface area contributed by atoms with Gasteiger partial charge in [0, 0.05) is 12.4 Å². The van der Waals surface area contributed by atoms with Crippen LogP contribution in [0.2, 0.25) is 0 Å². The predicted octanol–water partition coefficient (Wildman–Crippen LogP) is 6.38. The highest BCUT2D eigenvalue weighted by Gasteiger charge is 2.37. The van der Waals surface area contributed by atoms with Gasteiger partial charge in [-0.05, 0) is 69.7 Å². The molecular formula is C28H31FN2O2. The van der Waals surface area contributed by atoms with Gasteiger partial charge in [0.15, 0.2) is 0 Å². The number of halogens is 1. The molecule has 1 aliphatic carbocycles. The van der Waals surface area contributed by atoms with Gasteiger partial charge >= 0.3 is 5.97 Å². The molecule has 1 aliphatic rings. The van der Waals surface area contributed by atoms with Crippen LogP contribution in [0.25, 0.3) is 12.2 Å². The first-order valence-electron chi connectivity index (χ1n) is 11.3. The normalized spacial score (nSPS) is 16.5. The quantitative estimate of drug-likeness (QED) is 0.338. The minimum absolute atomic E-state index is 0.0632. The van der Waals surface area contributed by atoms with Gasteiger partial charge in [-0.1, -0.05) is 58.0 Å². The highest BCUT2D eigenvalue weighted by atomic mass is 19.1. The summed E-state index contributed by atoms with van der Waals surface area (Å²) in [5.41, 5.74) is 5.85. The number of carbonyl (C=O) groups is 1. The van der Waals surface area contributed by atoms with E-state index in [1.807, 2.05) is 29.1 Å². The third kappa shape index (κ3) is 4.63. The number of aromatic nitrogens is 2. The Morgan fingerprint density at radius 2 is 1.79 bits per heavy atom. The van der Waals surface area contributed by atoms with Crippen LogP contribution in [0.1, 0.15) is 78.7 Å². The van der Waals surface area contributed by atoms with Gasteiger partial charge in [0.1, 0.15) is 5.82 Å². The maximum absolute atomic E-state index is 14.4. The highest BCUT2D eigenvalue weighted by Crippen LogP contribution is 2.46. The van der Waals surface area contributed by atoms with Crippen molar-refractivity contribution in [3.8, 4) is 0 Å². The minimum atomic E-state index is -0.677. The zero-order valence-electron chi connectivity index (χ0n) is 20.0. The van der Waals surface area contributed by atoms with Crippen molar-refractivity contribution in [2.75, 3.05) is 7.11 Å². The second-order valence-corrected chi connectivity index (χ2v) is 10.1. The Balaban J connectivity index is 1.78. The van der Waals surface area contributed by atoms with Crippen molar-refractivity contribution >= 4 is 18.1 Å². The van der Waals surface area contributed by atoms with Gasteiger partial charge in [0.05, 0.1) is 19.2 Å². The Morgan fingerprint density at radius 1 is 1.09 bits per heavy atom. The van der Waals surface area contributed by atoms with Gasteiger partial charge in [-0.2, -0.15) is 5.10 Å². The van der Waals surface area contributed by atoms with Gasteiger partial charge < -0.3 is 4.74 Å². The number of esters is 1. The first-order valence-corrected chi connectivity index (χ1v) is 11.3. The molecule has 0 N–H and O–H groups in total. The largest absolute Gasteiger partial charge is 0.465 e. The van der Waals surface area contributed by atoms with E-state index < -0.39 is 11.8 Å². The van der Waals surface area contributed by atoms with Gasteiger partial charge in [-0.15, -0.1) is 0 Å². The van der Waals surface area contributed by atoms with Gasteiger partial charge in [-0.25, -0.2) is 9.18 Å². The van der Waals surface area contributed by atoms with Gasteiger partial charge in [0.2, 0.25) is 0 Å². The third-order valence-electron chi connectivity index (χ3n) is 6.86. The van der Waals surface area contributed by atoms with Crippen LogP contribution < -0.4 is 0 Å². The Morgan fingerprint density at radius 3 is 2.39 bits per heavy atom. The standard InChI is InChI=1S/C28H31FN2O2/c1-27(2)11-12-28(3,4)24-17-21(18-31-14-6-13-30-31)20(16-23(24)27)9-7-19-8-10-22(25(29)15-19)26(32)33-5/h6-10,13-17H,11-12,18H2,1-5H3. The second-order valence-electron chi connectivity index (χ2n) is 10.1. The fourth-order valence-electron chi connectivity index (χ4n) is 4.63. The van der Waals surface area contributed by atoms with E-state index in [1.54, 1.807) is 12.3 Å². The van der Waals surface area contributed by atoms with E-state index in [0.717, 1.165) is 18.4 Å². The SMILES string of the molecule is COC(=O)c1ccc(C=Cc2cc3c(cc2Cn2cccn2)C(C)(C)CCC3(C)C)cc1F. The predicted molar refractivity (Wildman–Crippen MR) is 130 cm³/mol. The molecule has 4 rings (SSSR count). The smallest absolute Gasteiger partial charge is 0.340 e. The Hall–Kier alpha value is -3.21. The van der Waals surface area contributed by atoms with Crippen LogP contribution in [0, 0.1) is 5.82 Å². The average Bonchev–Trinajstić information content (AvgIpc) is 3.28. The molecule has 0 atom stereocenters. The molecule has 3 aromatic rings. The third-order valence-corrected chi connectivity index (χ3v) is 6.86. The highest BCUT2D eigenvalue weighted by molar-refractivity contribution is 5.90. The summed E-state index contributed by atoms with van der Waals surface area (Å²) in [4.78, 5) is 11.7. The van der Waals surface area contributed by atoms with E-state index in [4.69, 9.17) is 0 Å². The molecule has 1 aromatic heterocycles. The summed E-state index contributed by atoms with van der Waals surface area (Å²) in [6.07, 6.45) is 9.95. The summed E-state index contributed by atoms with van der Waals surface area (Å²) in [5.74, 6) is -1.27. The molecule has 0 aliphatic heterocycles. The van der Waals surface area contributed by atoms with Crippen molar-refractivity contribution in [2.24, 2.45) is 0 Å². The van der Waals surface area contributed by atoms with Crippen LogP contribution in [-0.4, -0.2) is 22.9 Å². The van der Waals surface area contributed by atoms with Crippen molar-refractivity contribution in [3.05, 3.63) is 88.0 Å². The fraction of sp³-hybridized carbons (Fsp3) is 0.357. The van der Waals surface area contributed by atoms with Crippen molar-refractivity contribution < 1.29 is 13.9 Å². The molecule has 1 heterocycles. The summed E-state index contributed by atoms with van der Waals surface area (Å²) >= 11 is 0. The molecule has 0 saturated heterocycles. The topological polar surface area (TPSA) is 44.1 Å². The number of fused-ring (bicyclic) bond motifs is 1. The Labute approximate surface area is 195 Å². The number of ether oxygens (including phenoxy) is 1. The van der Waals surface area contributed by atoms with Crippen molar-refractivity contribution in [3.63, 3.8) is 0 Å². The summed E-state index contributed by atoms with van der Waals surface area (Å²) in [7, 11) is 1.25. The molecule has 0 amide bonds. The lowest BCUT2D eigenvalue weighted by Gasteiger charge is -2.42. The van der Waals surface area contributed by atoms with Crippen LogP contribution in [0.15, 0.2) is 48.8 Å². The molecule has 0 saturated carbocycles. The van der Waals surface area contributed by atoms with Crippen molar-refractivity contribution in [2.45, 2.75) is 57.9 Å². The Bertz CT molecular complexity index is 1210. The van der Waals surface area contributed by atoms with Crippen LogP contribution in [0.3, 0.4) is 0 Å². The molecule has 172 valence electrons. The minimum Gasteiger partial charge on any atom is -0.465 e. The zero-order chi connectivity index (χ0) is 23.8. The van der Waals surface area contributed by atoms with E-state index in [0.29, 0.717) is 12.1 Å². The fourth-order valence-corrected chi connectivity index (χ4v) is 4.63. The number of hydrogen-bond acceptors (Lipinski definition) is 3. The summed E-state index contributed by atoms with van der Waals surface area (Å²) < 4.78 is 21.0. The van der Waals surface area contributed by atoms with E-state index in [-0.39, 0.29) is 16.4 Å². The van der Waals surface area contributed by atoms with E-state index in [2.05, 4.69) is 49.7 Å². The van der Waals surface area contributed by atoms with Crippen LogP contribution in [0.4, 0.5) is 4.39 Å². The van der Waals surface area contributed by atoms with Crippen LogP contribution >= 0.6 is 0 Å². The van der Waals surface area contributed by atoms with E-state index in [1.165, 1.54) is 35.9 Å². The lowest BCUT2D eigenvalue weighted by molar-refractivity contribution is 0.0595. The van der Waals surface area contributed by atoms with Crippen LogP contribution in [-0.2, 0) is 22.1 Å². The Kier molecular flexibility index (Phi) is 6.00. The lowest BCUT2D eigenvalue weighted by Crippen LogP contribution is -2.34. The molecular weight excluding hydrogens is 415 g/mol. The number of carbonyl (C=O) groups excluding carboxylic acids is 1. The molecule has 5 heteroatoms. The molecule has 33 heavy (non-hydrogen) atoms. The average molecular weight is 447 g/mol.